The van der Waals surface area contributed by atoms with Gasteiger partial charge in [0.05, 0.1) is 0 Å². The fourth-order valence-corrected chi connectivity index (χ4v) is 2.28. The third-order valence-corrected chi connectivity index (χ3v) is 3.94. The average Bonchev–Trinajstić information content (AvgIpc) is 2.61. The Labute approximate surface area is 146 Å². The molecule has 0 saturated carbocycles. The number of nitrogens with two attached hydrogens (primary N) is 1. The van der Waals surface area contributed by atoms with Crippen LogP contribution in [0.3, 0.4) is 0 Å². The molecule has 0 aromatic heterocycles. The zero-order valence-electron chi connectivity index (χ0n) is 15.3. The molecule has 0 fully saturated rings. The molecule has 128 valence electrons. The average molecular weight is 323 g/mol. The summed E-state index contributed by atoms with van der Waals surface area (Å²) in [6.45, 7) is 8.41. The van der Waals surface area contributed by atoms with Crippen LogP contribution in [0.5, 0.6) is 0 Å². The lowest BCUT2D eigenvalue weighted by Gasteiger charge is -2.15. The van der Waals surface area contributed by atoms with Gasteiger partial charge >= 0.3 is 0 Å². The van der Waals surface area contributed by atoms with Gasteiger partial charge in [0.2, 0.25) is 5.91 Å². The van der Waals surface area contributed by atoms with Crippen molar-refractivity contribution >= 4 is 11.5 Å². The van der Waals surface area contributed by atoms with Crippen molar-refractivity contribution in [2.75, 3.05) is 0 Å². The van der Waals surface area contributed by atoms with Crippen molar-refractivity contribution in [1.82, 2.24) is 0 Å². The molecule has 2 nitrogen and oxygen atoms in total. The van der Waals surface area contributed by atoms with E-state index in [0.717, 1.165) is 16.7 Å². The normalized spacial score (nSPS) is 18.7. The molecule has 1 aromatic rings. The Hall–Kier alpha value is -2.35. The molecular formula is C22H29NO. The Bertz CT molecular complexity index is 646. The molecule has 0 saturated heterocycles. The molecule has 1 amide bonds. The fraction of sp³-hybridized carbons (Fsp3) is 0.318. The standard InChI is InChI=1S/C18H19NO.C4H10/c1-13-8-6-7-11-16(13)17(18(19)20)12-14(2)15-9-4-3-5-10-15;1-3-4-2/h3-13H,1-2H3,(H2,19,20);3-4H2,1-2H3/b14-12+,17-16+;. The van der Waals surface area contributed by atoms with Crippen LogP contribution in [0.15, 0.2) is 71.9 Å². The second-order valence-corrected chi connectivity index (χ2v) is 5.96. The topological polar surface area (TPSA) is 43.1 Å². The van der Waals surface area contributed by atoms with Crippen LogP contribution in [0.25, 0.3) is 5.57 Å². The van der Waals surface area contributed by atoms with Gasteiger partial charge in [0.15, 0.2) is 0 Å². The van der Waals surface area contributed by atoms with Crippen LogP contribution >= 0.6 is 0 Å². The smallest absolute Gasteiger partial charge is 0.249 e. The molecule has 0 heterocycles. The lowest BCUT2D eigenvalue weighted by molar-refractivity contribution is -0.114. The van der Waals surface area contributed by atoms with E-state index in [1.165, 1.54) is 12.8 Å². The van der Waals surface area contributed by atoms with Crippen LogP contribution in [0, 0.1) is 5.92 Å². The fourth-order valence-electron chi connectivity index (χ4n) is 2.28. The van der Waals surface area contributed by atoms with Gasteiger partial charge in [-0.15, -0.1) is 0 Å². The first kappa shape index (κ1) is 19.7. The Balaban J connectivity index is 0.000000648. The largest absolute Gasteiger partial charge is 0.366 e. The molecule has 0 spiro atoms. The molecule has 1 aliphatic carbocycles. The lowest BCUT2D eigenvalue weighted by atomic mass is 9.90. The van der Waals surface area contributed by atoms with E-state index in [1.807, 2.05) is 61.6 Å². The van der Waals surface area contributed by atoms with Crippen molar-refractivity contribution < 1.29 is 4.79 Å². The molecule has 1 aliphatic rings. The van der Waals surface area contributed by atoms with Gasteiger partial charge in [-0.25, -0.2) is 0 Å². The van der Waals surface area contributed by atoms with Crippen molar-refractivity contribution in [2.45, 2.75) is 40.5 Å². The number of carbonyl (C=O) groups excluding carboxylic acids is 1. The molecule has 2 N–H and O–H groups in total. The quantitative estimate of drug-likeness (QED) is 0.737. The van der Waals surface area contributed by atoms with Crippen LogP contribution in [0.2, 0.25) is 0 Å². The number of benzene rings is 1. The number of hydrogen-bond donors (Lipinski definition) is 1. The van der Waals surface area contributed by atoms with Gasteiger partial charge in [0, 0.05) is 11.5 Å². The second-order valence-electron chi connectivity index (χ2n) is 5.96. The molecule has 2 rings (SSSR count). The Morgan fingerprint density at radius 1 is 1.12 bits per heavy atom. The summed E-state index contributed by atoms with van der Waals surface area (Å²) in [6.07, 6.45) is 12.5. The summed E-state index contributed by atoms with van der Waals surface area (Å²) < 4.78 is 0. The number of allylic oxidation sites excluding steroid dienone is 6. The van der Waals surface area contributed by atoms with E-state index in [2.05, 4.69) is 26.8 Å². The summed E-state index contributed by atoms with van der Waals surface area (Å²) >= 11 is 0. The van der Waals surface area contributed by atoms with Crippen molar-refractivity contribution in [3.05, 3.63) is 77.4 Å². The maximum atomic E-state index is 11.8. The maximum Gasteiger partial charge on any atom is 0.249 e. The molecule has 1 aromatic carbocycles. The minimum atomic E-state index is -0.387. The zero-order valence-corrected chi connectivity index (χ0v) is 15.3. The van der Waals surface area contributed by atoms with Crippen molar-refractivity contribution in [3.8, 4) is 0 Å². The van der Waals surface area contributed by atoms with Crippen LogP contribution in [0.4, 0.5) is 0 Å². The number of primary amides is 1. The zero-order chi connectivity index (χ0) is 17.9. The highest BCUT2D eigenvalue weighted by Gasteiger charge is 2.14. The highest BCUT2D eigenvalue weighted by atomic mass is 16.1. The highest BCUT2D eigenvalue weighted by molar-refractivity contribution is 5.98. The van der Waals surface area contributed by atoms with E-state index in [1.54, 1.807) is 0 Å². The molecule has 24 heavy (non-hydrogen) atoms. The maximum absolute atomic E-state index is 11.8. The van der Waals surface area contributed by atoms with Gasteiger partial charge in [-0.1, -0.05) is 88.2 Å². The predicted molar refractivity (Wildman–Crippen MR) is 104 cm³/mol. The third kappa shape index (κ3) is 6.04. The van der Waals surface area contributed by atoms with E-state index >= 15 is 0 Å². The number of hydrogen-bond acceptors (Lipinski definition) is 1. The Morgan fingerprint density at radius 2 is 1.75 bits per heavy atom. The first-order valence-electron chi connectivity index (χ1n) is 8.63. The van der Waals surface area contributed by atoms with Crippen LogP contribution in [0.1, 0.15) is 46.1 Å². The number of unbranched alkanes of at least 4 members (excludes halogenated alkanes) is 1. The van der Waals surface area contributed by atoms with Crippen molar-refractivity contribution in [1.29, 1.82) is 0 Å². The summed E-state index contributed by atoms with van der Waals surface area (Å²) in [7, 11) is 0. The minimum Gasteiger partial charge on any atom is -0.366 e. The van der Waals surface area contributed by atoms with Crippen LogP contribution in [-0.4, -0.2) is 5.91 Å². The first-order chi connectivity index (χ1) is 11.5. The molecule has 0 radical (unpaired) electrons. The predicted octanol–water partition coefficient (Wildman–Crippen LogP) is 5.44. The summed E-state index contributed by atoms with van der Waals surface area (Å²) in [5.41, 5.74) is 9.23. The summed E-state index contributed by atoms with van der Waals surface area (Å²) in [5, 5.41) is 0. The molecule has 1 atom stereocenters. The van der Waals surface area contributed by atoms with E-state index in [-0.39, 0.29) is 11.8 Å². The summed E-state index contributed by atoms with van der Waals surface area (Å²) in [6, 6.07) is 9.98. The Kier molecular flexibility index (Phi) is 8.56. The summed E-state index contributed by atoms with van der Waals surface area (Å²) in [5.74, 6) is -0.190. The molecule has 0 bridgehead atoms. The van der Waals surface area contributed by atoms with E-state index in [9.17, 15) is 4.79 Å². The van der Waals surface area contributed by atoms with Gasteiger partial charge in [0.25, 0.3) is 0 Å². The number of rotatable bonds is 4. The van der Waals surface area contributed by atoms with E-state index in [0.29, 0.717) is 5.57 Å². The van der Waals surface area contributed by atoms with E-state index in [4.69, 9.17) is 5.73 Å². The van der Waals surface area contributed by atoms with Crippen LogP contribution < -0.4 is 5.73 Å². The first-order valence-corrected chi connectivity index (χ1v) is 8.63. The monoisotopic (exact) mass is 323 g/mol. The van der Waals surface area contributed by atoms with Crippen molar-refractivity contribution in [3.63, 3.8) is 0 Å². The second kappa shape index (κ2) is 10.4. The van der Waals surface area contributed by atoms with Crippen LogP contribution in [-0.2, 0) is 4.79 Å². The summed E-state index contributed by atoms with van der Waals surface area (Å²) in [4.78, 5) is 11.8. The molecule has 2 heteroatoms. The van der Waals surface area contributed by atoms with E-state index < -0.39 is 0 Å². The van der Waals surface area contributed by atoms with Gasteiger partial charge in [-0.2, -0.15) is 0 Å². The minimum absolute atomic E-state index is 0.197. The third-order valence-electron chi connectivity index (χ3n) is 3.94. The van der Waals surface area contributed by atoms with Gasteiger partial charge < -0.3 is 5.73 Å². The molecular weight excluding hydrogens is 294 g/mol. The lowest BCUT2D eigenvalue weighted by Crippen LogP contribution is -2.16. The molecule has 0 aliphatic heterocycles. The SMILES string of the molecule is C/C(=C\C(C(N)=O)=C1\C=CC=CC1C)c1ccccc1.CCCC. The number of carbonyl (C=O) groups is 1. The van der Waals surface area contributed by atoms with Crippen molar-refractivity contribution in [2.24, 2.45) is 11.7 Å². The van der Waals surface area contributed by atoms with Gasteiger partial charge in [-0.05, 0) is 29.7 Å². The Morgan fingerprint density at radius 3 is 2.25 bits per heavy atom. The number of amides is 1. The van der Waals surface area contributed by atoms with Gasteiger partial charge in [0.1, 0.15) is 0 Å². The highest BCUT2D eigenvalue weighted by Crippen LogP contribution is 2.25. The molecule has 1 unspecified atom stereocenters. The van der Waals surface area contributed by atoms with Gasteiger partial charge in [-0.3, -0.25) is 4.79 Å².